The Morgan fingerprint density at radius 1 is 1.12 bits per heavy atom. The van der Waals surface area contributed by atoms with Crippen LogP contribution in [0.4, 0.5) is 5.69 Å². The van der Waals surface area contributed by atoms with Gasteiger partial charge in [-0.05, 0) is 55.8 Å². The van der Waals surface area contributed by atoms with Crippen molar-refractivity contribution in [2.45, 2.75) is 29.9 Å². The summed E-state index contributed by atoms with van der Waals surface area (Å²) >= 11 is 0. The molecule has 0 aromatic heterocycles. The molecule has 1 spiro atoms. The Morgan fingerprint density at radius 2 is 1.84 bits per heavy atom. The molecular weight excluding hydrogens is 349 g/mol. The fraction of sp³-hybridized carbons (Fsp3) is 0.222. The third kappa shape index (κ3) is 2.73. The normalized spacial score (nSPS) is 22.4. The van der Waals surface area contributed by atoms with E-state index >= 15 is 0 Å². The Balaban J connectivity index is 0.00000182. The summed E-state index contributed by atoms with van der Waals surface area (Å²) in [7, 11) is -4.49. The van der Waals surface area contributed by atoms with Crippen molar-refractivity contribution < 1.29 is 47.3 Å². The fourth-order valence-corrected chi connectivity index (χ4v) is 3.92. The number of hydrogen-bond donors (Lipinski definition) is 1. The Labute approximate surface area is 169 Å². The number of anilines is 1. The van der Waals surface area contributed by atoms with Crippen molar-refractivity contribution in [3.8, 4) is 5.75 Å². The van der Waals surface area contributed by atoms with Crippen LogP contribution in [-0.2, 0) is 15.5 Å². The SMILES string of the molecule is CC1(C)c2ccccc2NC12C=Cc1cc(S(=O)(=O)[O-])ccc1O2.[Na+]. The Morgan fingerprint density at radius 3 is 2.52 bits per heavy atom. The molecule has 5 nitrogen and oxygen atoms in total. The van der Waals surface area contributed by atoms with E-state index in [0.29, 0.717) is 11.3 Å². The Bertz CT molecular complexity index is 984. The fourth-order valence-electron chi connectivity index (χ4n) is 3.42. The summed E-state index contributed by atoms with van der Waals surface area (Å²) in [6, 6.07) is 12.2. The molecule has 124 valence electrons. The van der Waals surface area contributed by atoms with Gasteiger partial charge in [0.25, 0.3) is 0 Å². The van der Waals surface area contributed by atoms with E-state index in [2.05, 4.69) is 25.2 Å². The standard InChI is InChI=1S/C18H17NO4S.Na/c1-17(2)14-5-3-4-6-15(14)19-18(17)10-9-12-11-13(24(20,21)22)7-8-16(12)23-18;/h3-11,19H,1-2H3,(H,20,21,22);/q;+1/p-1. The van der Waals surface area contributed by atoms with Crippen LogP contribution in [0.25, 0.3) is 6.08 Å². The second-order valence-electron chi connectivity index (χ2n) is 6.62. The van der Waals surface area contributed by atoms with Crippen LogP contribution >= 0.6 is 0 Å². The molecule has 0 bridgehead atoms. The number of para-hydroxylation sites is 1. The van der Waals surface area contributed by atoms with Gasteiger partial charge in [0.05, 0.1) is 10.3 Å². The first-order valence-corrected chi connectivity index (χ1v) is 9.00. The monoisotopic (exact) mass is 365 g/mol. The largest absolute Gasteiger partial charge is 1.00 e. The van der Waals surface area contributed by atoms with E-state index in [-0.39, 0.29) is 39.9 Å². The molecule has 1 unspecified atom stereocenters. The molecule has 2 aliphatic rings. The summed E-state index contributed by atoms with van der Waals surface area (Å²) in [6.07, 6.45) is 3.69. The average molecular weight is 365 g/mol. The predicted molar refractivity (Wildman–Crippen MR) is 89.9 cm³/mol. The number of rotatable bonds is 1. The van der Waals surface area contributed by atoms with Crippen LogP contribution in [0.15, 0.2) is 53.4 Å². The molecule has 2 aromatic carbocycles. The molecular formula is C18H16NNaO4S. The van der Waals surface area contributed by atoms with E-state index in [1.54, 1.807) is 6.08 Å². The molecule has 2 aromatic rings. The Kier molecular flexibility index (Phi) is 4.33. The van der Waals surface area contributed by atoms with Crippen molar-refractivity contribution >= 4 is 21.9 Å². The molecule has 2 heterocycles. The summed E-state index contributed by atoms with van der Waals surface area (Å²) in [6.45, 7) is 4.19. The molecule has 0 saturated carbocycles. The second-order valence-corrected chi connectivity index (χ2v) is 8.00. The van der Waals surface area contributed by atoms with E-state index in [1.165, 1.54) is 18.2 Å². The summed E-state index contributed by atoms with van der Waals surface area (Å²) in [5.74, 6) is 0.540. The number of ether oxygens (including phenoxy) is 1. The number of benzene rings is 2. The topological polar surface area (TPSA) is 78.5 Å². The average Bonchev–Trinajstić information content (AvgIpc) is 2.74. The van der Waals surface area contributed by atoms with Crippen molar-refractivity contribution in [2.75, 3.05) is 5.32 Å². The molecule has 0 saturated heterocycles. The number of fused-ring (bicyclic) bond motifs is 2. The summed E-state index contributed by atoms with van der Waals surface area (Å²) < 4.78 is 39.8. The van der Waals surface area contributed by atoms with Crippen LogP contribution in [-0.4, -0.2) is 18.7 Å². The maximum Gasteiger partial charge on any atom is 1.00 e. The van der Waals surface area contributed by atoms with Gasteiger partial charge < -0.3 is 14.6 Å². The van der Waals surface area contributed by atoms with Gasteiger partial charge in [0.15, 0.2) is 0 Å². The van der Waals surface area contributed by atoms with Gasteiger partial charge in [-0.15, -0.1) is 0 Å². The first kappa shape index (κ1) is 18.5. The molecule has 2 aliphatic heterocycles. The molecule has 0 aliphatic carbocycles. The van der Waals surface area contributed by atoms with Gasteiger partial charge in [0, 0.05) is 11.3 Å². The van der Waals surface area contributed by atoms with Gasteiger partial charge in [0.2, 0.25) is 5.72 Å². The molecule has 0 radical (unpaired) electrons. The van der Waals surface area contributed by atoms with Gasteiger partial charge in [-0.1, -0.05) is 18.2 Å². The minimum absolute atomic E-state index is 0. The van der Waals surface area contributed by atoms with E-state index < -0.39 is 15.8 Å². The molecule has 1 atom stereocenters. The first-order chi connectivity index (χ1) is 11.2. The zero-order valence-corrected chi connectivity index (χ0v) is 17.1. The van der Waals surface area contributed by atoms with Gasteiger partial charge in [-0.3, -0.25) is 0 Å². The summed E-state index contributed by atoms with van der Waals surface area (Å²) in [4.78, 5) is -0.257. The van der Waals surface area contributed by atoms with E-state index in [4.69, 9.17) is 4.74 Å². The maximum atomic E-state index is 11.2. The molecule has 25 heavy (non-hydrogen) atoms. The van der Waals surface area contributed by atoms with E-state index in [1.807, 2.05) is 24.3 Å². The summed E-state index contributed by atoms with van der Waals surface area (Å²) in [5.41, 5.74) is 1.64. The molecule has 4 rings (SSSR count). The molecule has 0 amide bonds. The molecule has 0 fully saturated rings. The van der Waals surface area contributed by atoms with Crippen LogP contribution in [0.3, 0.4) is 0 Å². The van der Waals surface area contributed by atoms with Crippen LogP contribution in [0, 0.1) is 0 Å². The zero-order chi connectivity index (χ0) is 17.2. The minimum Gasteiger partial charge on any atom is -0.744 e. The zero-order valence-electron chi connectivity index (χ0n) is 14.2. The van der Waals surface area contributed by atoms with Crippen molar-refractivity contribution in [3.63, 3.8) is 0 Å². The molecule has 7 heteroatoms. The van der Waals surface area contributed by atoms with Crippen molar-refractivity contribution in [3.05, 3.63) is 59.7 Å². The van der Waals surface area contributed by atoms with Crippen molar-refractivity contribution in [2.24, 2.45) is 0 Å². The third-order valence-electron chi connectivity index (χ3n) is 4.89. The van der Waals surface area contributed by atoms with Crippen molar-refractivity contribution in [1.82, 2.24) is 0 Å². The van der Waals surface area contributed by atoms with Gasteiger partial charge >= 0.3 is 29.6 Å². The van der Waals surface area contributed by atoms with Crippen LogP contribution < -0.4 is 39.6 Å². The van der Waals surface area contributed by atoms with Crippen LogP contribution in [0.1, 0.15) is 25.0 Å². The molecule has 1 N–H and O–H groups in total. The van der Waals surface area contributed by atoms with Gasteiger partial charge in [-0.25, -0.2) is 8.42 Å². The first-order valence-electron chi connectivity index (χ1n) is 7.59. The second kappa shape index (κ2) is 5.86. The van der Waals surface area contributed by atoms with Crippen molar-refractivity contribution in [1.29, 1.82) is 0 Å². The smallest absolute Gasteiger partial charge is 0.744 e. The minimum atomic E-state index is -4.49. The number of hydrogen-bond acceptors (Lipinski definition) is 5. The van der Waals surface area contributed by atoms with Gasteiger partial charge in [-0.2, -0.15) is 0 Å². The van der Waals surface area contributed by atoms with Gasteiger partial charge in [0.1, 0.15) is 15.9 Å². The van der Waals surface area contributed by atoms with E-state index in [0.717, 1.165) is 11.3 Å². The quantitative estimate of drug-likeness (QED) is 0.573. The third-order valence-corrected chi connectivity index (χ3v) is 5.72. The van der Waals surface area contributed by atoms with Crippen LogP contribution in [0.5, 0.6) is 5.75 Å². The van der Waals surface area contributed by atoms with Crippen LogP contribution in [0.2, 0.25) is 0 Å². The summed E-state index contributed by atoms with van der Waals surface area (Å²) in [5, 5.41) is 3.44. The maximum absolute atomic E-state index is 11.2. The predicted octanol–water partition coefficient (Wildman–Crippen LogP) is 0.0999. The Hall–Kier alpha value is -1.31. The number of nitrogens with one attached hydrogen (secondary N) is 1. The van der Waals surface area contributed by atoms with E-state index in [9.17, 15) is 13.0 Å².